The van der Waals surface area contributed by atoms with Crippen LogP contribution in [0.1, 0.15) is 39.8 Å². The van der Waals surface area contributed by atoms with Crippen molar-refractivity contribution in [2.24, 2.45) is 0 Å². The van der Waals surface area contributed by atoms with Gasteiger partial charge in [0.25, 0.3) is 5.91 Å². The summed E-state index contributed by atoms with van der Waals surface area (Å²) >= 11 is 1.74. The third kappa shape index (κ3) is 4.12. The zero-order chi connectivity index (χ0) is 18.6. The summed E-state index contributed by atoms with van der Waals surface area (Å²) in [5, 5.41) is 9.09. The van der Waals surface area contributed by atoms with Crippen LogP contribution in [0.5, 0.6) is 0 Å². The van der Waals surface area contributed by atoms with Crippen LogP contribution in [0.4, 0.5) is 0 Å². The second kappa shape index (κ2) is 8.06. The molecular weight excluding hydrogens is 358 g/mol. The van der Waals surface area contributed by atoms with Crippen LogP contribution in [-0.2, 0) is 0 Å². The molecule has 0 radical (unpaired) electrons. The molecule has 0 aliphatic carbocycles. The van der Waals surface area contributed by atoms with E-state index in [9.17, 15) is 4.79 Å². The summed E-state index contributed by atoms with van der Waals surface area (Å²) in [5.74, 6) is 0.410. The van der Waals surface area contributed by atoms with E-state index in [-0.39, 0.29) is 11.9 Å². The van der Waals surface area contributed by atoms with Crippen LogP contribution in [0, 0.1) is 6.92 Å². The van der Waals surface area contributed by atoms with Crippen LogP contribution in [0.2, 0.25) is 0 Å². The second-order valence-corrected chi connectivity index (χ2v) is 7.91. The summed E-state index contributed by atoms with van der Waals surface area (Å²) in [4.78, 5) is 16.3. The van der Waals surface area contributed by atoms with Gasteiger partial charge in [0.15, 0.2) is 11.5 Å². The average molecular weight is 382 g/mol. The van der Waals surface area contributed by atoms with Gasteiger partial charge in [0.2, 0.25) is 0 Å². The van der Waals surface area contributed by atoms with Gasteiger partial charge in [-0.3, -0.25) is 9.69 Å². The number of rotatable bonds is 6. The third-order valence-corrected chi connectivity index (χ3v) is 5.96. The minimum Gasteiger partial charge on any atom is -0.355 e. The van der Waals surface area contributed by atoms with Crippen molar-refractivity contribution in [1.82, 2.24) is 15.4 Å². The molecule has 1 aliphatic rings. The molecule has 6 heteroatoms. The van der Waals surface area contributed by atoms with E-state index in [4.69, 9.17) is 4.52 Å². The fraction of sp³-hybridized carbons (Fsp3) is 0.333. The van der Waals surface area contributed by atoms with Crippen molar-refractivity contribution in [2.75, 3.05) is 19.6 Å². The van der Waals surface area contributed by atoms with Crippen LogP contribution in [0.15, 0.2) is 52.4 Å². The highest BCUT2D eigenvalue weighted by atomic mass is 32.1. The molecule has 3 heterocycles. The Morgan fingerprint density at radius 1 is 1.26 bits per heavy atom. The molecule has 1 N–H and O–H groups in total. The van der Waals surface area contributed by atoms with E-state index in [1.54, 1.807) is 17.4 Å². The van der Waals surface area contributed by atoms with Crippen molar-refractivity contribution in [3.8, 4) is 11.3 Å². The molecule has 0 unspecified atom stereocenters. The molecule has 1 aromatic carbocycles. The van der Waals surface area contributed by atoms with Gasteiger partial charge in [0, 0.05) is 23.1 Å². The average Bonchev–Trinajstić information content (AvgIpc) is 3.44. The van der Waals surface area contributed by atoms with E-state index in [0.717, 1.165) is 18.7 Å². The maximum absolute atomic E-state index is 12.6. The molecule has 0 bridgehead atoms. The van der Waals surface area contributed by atoms with Gasteiger partial charge < -0.3 is 9.84 Å². The largest absolute Gasteiger partial charge is 0.355 e. The number of benzene rings is 1. The quantitative estimate of drug-likeness (QED) is 0.692. The highest BCUT2D eigenvalue weighted by molar-refractivity contribution is 7.10. The van der Waals surface area contributed by atoms with E-state index >= 15 is 0 Å². The molecule has 2 aromatic heterocycles. The molecule has 140 valence electrons. The van der Waals surface area contributed by atoms with Crippen molar-refractivity contribution in [1.29, 1.82) is 0 Å². The number of likely N-dealkylation sites (tertiary alicyclic amines) is 1. The van der Waals surface area contributed by atoms with E-state index in [1.165, 1.54) is 23.3 Å². The van der Waals surface area contributed by atoms with Gasteiger partial charge in [-0.05, 0) is 44.3 Å². The van der Waals surface area contributed by atoms with Gasteiger partial charge in [-0.25, -0.2) is 0 Å². The topological polar surface area (TPSA) is 58.4 Å². The Kier molecular flexibility index (Phi) is 5.36. The molecule has 1 aliphatic heterocycles. The van der Waals surface area contributed by atoms with Crippen molar-refractivity contribution < 1.29 is 9.32 Å². The lowest BCUT2D eigenvalue weighted by molar-refractivity contribution is 0.0929. The maximum atomic E-state index is 12.6. The minimum atomic E-state index is -0.196. The van der Waals surface area contributed by atoms with Crippen molar-refractivity contribution >= 4 is 17.2 Å². The molecule has 1 fully saturated rings. The summed E-state index contributed by atoms with van der Waals surface area (Å²) in [6.07, 6.45) is 2.44. The van der Waals surface area contributed by atoms with Gasteiger partial charge >= 0.3 is 0 Å². The number of hydrogen-bond donors (Lipinski definition) is 1. The first-order chi connectivity index (χ1) is 13.2. The normalized spacial score (nSPS) is 15.7. The standard InChI is InChI=1S/C21H23N3O2S/c1-15-6-8-16(9-7-15)19-13-17(23-26-19)21(25)22-14-18(20-5-4-12-27-20)24-10-2-3-11-24/h4-9,12-13,18H,2-3,10-11,14H2,1H3,(H,22,25)/t18-/m1/s1. The van der Waals surface area contributed by atoms with E-state index in [0.29, 0.717) is 18.0 Å². The number of carbonyl (C=O) groups is 1. The lowest BCUT2D eigenvalue weighted by Crippen LogP contribution is -2.36. The summed E-state index contributed by atoms with van der Waals surface area (Å²) in [6.45, 7) is 4.78. The van der Waals surface area contributed by atoms with Crippen LogP contribution >= 0.6 is 11.3 Å². The number of hydrogen-bond acceptors (Lipinski definition) is 5. The monoisotopic (exact) mass is 381 g/mol. The van der Waals surface area contributed by atoms with Crippen LogP contribution < -0.4 is 5.32 Å². The van der Waals surface area contributed by atoms with E-state index < -0.39 is 0 Å². The smallest absolute Gasteiger partial charge is 0.273 e. The molecule has 1 saturated heterocycles. The van der Waals surface area contributed by atoms with Gasteiger partial charge in [-0.2, -0.15) is 0 Å². The fourth-order valence-corrected chi connectivity index (χ4v) is 4.32. The van der Waals surface area contributed by atoms with E-state index in [2.05, 4.69) is 32.9 Å². The number of amides is 1. The lowest BCUT2D eigenvalue weighted by atomic mass is 10.1. The predicted molar refractivity (Wildman–Crippen MR) is 107 cm³/mol. The first-order valence-corrected chi connectivity index (χ1v) is 10.2. The third-order valence-electron chi connectivity index (χ3n) is 4.99. The number of thiophene rings is 1. The number of nitrogens with zero attached hydrogens (tertiary/aromatic N) is 2. The molecule has 4 rings (SSSR count). The van der Waals surface area contributed by atoms with Gasteiger partial charge in [0.05, 0.1) is 6.04 Å². The first-order valence-electron chi connectivity index (χ1n) is 9.30. The van der Waals surface area contributed by atoms with Gasteiger partial charge in [-0.15, -0.1) is 11.3 Å². The van der Waals surface area contributed by atoms with Crippen LogP contribution in [0.3, 0.4) is 0 Å². The molecule has 1 atom stereocenters. The maximum Gasteiger partial charge on any atom is 0.273 e. The van der Waals surface area contributed by atoms with E-state index in [1.807, 2.05) is 31.2 Å². The molecule has 1 amide bonds. The predicted octanol–water partition coefficient (Wildman–Crippen LogP) is 4.28. The molecular formula is C21H23N3O2S. The van der Waals surface area contributed by atoms with Gasteiger partial charge in [-0.1, -0.05) is 41.1 Å². The van der Waals surface area contributed by atoms with Crippen LogP contribution in [0.25, 0.3) is 11.3 Å². The molecule has 0 saturated carbocycles. The summed E-state index contributed by atoms with van der Waals surface area (Å²) in [7, 11) is 0. The second-order valence-electron chi connectivity index (χ2n) is 6.93. The number of aryl methyl sites for hydroxylation is 1. The Morgan fingerprint density at radius 3 is 2.74 bits per heavy atom. The summed E-state index contributed by atoms with van der Waals surface area (Å²) in [6, 6.07) is 14.1. The Morgan fingerprint density at radius 2 is 2.04 bits per heavy atom. The Balaban J connectivity index is 1.43. The molecule has 0 spiro atoms. The number of aromatic nitrogens is 1. The van der Waals surface area contributed by atoms with Crippen LogP contribution in [-0.4, -0.2) is 35.6 Å². The van der Waals surface area contributed by atoms with Crippen molar-refractivity contribution in [3.05, 3.63) is 64.0 Å². The minimum absolute atomic E-state index is 0.196. The Labute approximate surface area is 163 Å². The van der Waals surface area contributed by atoms with Crippen molar-refractivity contribution in [2.45, 2.75) is 25.8 Å². The number of carbonyl (C=O) groups excluding carboxylic acids is 1. The number of nitrogens with one attached hydrogen (secondary N) is 1. The summed E-state index contributed by atoms with van der Waals surface area (Å²) in [5.41, 5.74) is 2.41. The lowest BCUT2D eigenvalue weighted by Gasteiger charge is -2.26. The Hall–Kier alpha value is -2.44. The highest BCUT2D eigenvalue weighted by Crippen LogP contribution is 2.28. The van der Waals surface area contributed by atoms with Gasteiger partial charge in [0.1, 0.15) is 0 Å². The van der Waals surface area contributed by atoms with Crippen molar-refractivity contribution in [3.63, 3.8) is 0 Å². The molecule has 27 heavy (non-hydrogen) atoms. The first kappa shape index (κ1) is 17.9. The SMILES string of the molecule is Cc1ccc(-c2cc(C(=O)NC[C@H](c3cccs3)N3CCCC3)no2)cc1. The molecule has 5 nitrogen and oxygen atoms in total. The highest BCUT2D eigenvalue weighted by Gasteiger charge is 2.25. The zero-order valence-electron chi connectivity index (χ0n) is 15.4. The zero-order valence-corrected chi connectivity index (χ0v) is 16.2. The Bertz CT molecular complexity index is 881. The fourth-order valence-electron chi connectivity index (χ4n) is 3.46. The summed E-state index contributed by atoms with van der Waals surface area (Å²) < 4.78 is 5.37. The molecule has 3 aromatic rings.